The van der Waals surface area contributed by atoms with Crippen LogP contribution < -0.4 is 4.74 Å². The van der Waals surface area contributed by atoms with Crippen LogP contribution in [0.25, 0.3) is 9.65 Å². The van der Waals surface area contributed by atoms with Gasteiger partial charge in [0.25, 0.3) is 0 Å². The first kappa shape index (κ1) is 13.2. The second kappa shape index (κ2) is 5.32. The molecule has 1 aliphatic rings. The molecule has 3 heteroatoms. The van der Waals surface area contributed by atoms with Crippen molar-refractivity contribution in [3.63, 3.8) is 0 Å². The van der Waals surface area contributed by atoms with E-state index < -0.39 is 0 Å². The molecule has 19 heavy (non-hydrogen) atoms. The maximum absolute atomic E-state index is 5.62. The number of methoxy groups -OCH3 is 1. The maximum atomic E-state index is 5.62. The molecule has 2 nitrogen and oxygen atoms in total. The molecule has 2 heterocycles. The number of nitrogens with zero attached hydrogens (tertiary/aromatic N) is 1. The molecule has 0 saturated heterocycles. The normalized spacial score (nSPS) is 16.4. The van der Waals surface area contributed by atoms with Gasteiger partial charge in [-0.2, -0.15) is 0 Å². The van der Waals surface area contributed by atoms with E-state index >= 15 is 0 Å². The molecule has 0 saturated carbocycles. The molecule has 1 aliphatic heterocycles. The molecule has 1 aromatic heterocycles. The average molecular weight is 322 g/mol. The summed E-state index contributed by atoms with van der Waals surface area (Å²) in [5.74, 6) is 1.08. The van der Waals surface area contributed by atoms with E-state index in [9.17, 15) is 0 Å². The number of fused-ring (bicyclic) bond motifs is 3. The van der Waals surface area contributed by atoms with Gasteiger partial charge in [-0.1, -0.05) is 0 Å². The number of likely N-dealkylation sites (N-methyl/N-ethyl adjacent to an activating group) is 1. The first-order chi connectivity index (χ1) is 9.24. The molecular weight excluding hydrogens is 301 g/mol. The molecule has 0 fully saturated rings. The fourth-order valence-electron chi connectivity index (χ4n) is 3.00. The Bertz CT molecular complexity index is 602. The summed E-state index contributed by atoms with van der Waals surface area (Å²) in [5.41, 5.74) is 3.04. The van der Waals surface area contributed by atoms with E-state index in [1.165, 1.54) is 43.4 Å². The van der Waals surface area contributed by atoms with Gasteiger partial charge in [-0.05, 0) is 0 Å². The molecule has 2 aromatic rings. The molecule has 3 rings (SSSR count). The number of ether oxygens (including phenoxy) is 1. The first-order valence-corrected chi connectivity index (χ1v) is 8.76. The van der Waals surface area contributed by atoms with Gasteiger partial charge < -0.3 is 0 Å². The fourth-order valence-corrected chi connectivity index (χ4v) is 5.78. The molecule has 0 bridgehead atoms. The third kappa shape index (κ3) is 2.24. The molecule has 0 N–H and O–H groups in total. The zero-order chi connectivity index (χ0) is 13.4. The molecular formula is C16H21NOSe. The van der Waals surface area contributed by atoms with Crippen molar-refractivity contribution >= 4 is 24.1 Å². The van der Waals surface area contributed by atoms with Crippen molar-refractivity contribution in [2.45, 2.75) is 26.7 Å². The van der Waals surface area contributed by atoms with Gasteiger partial charge in [0.2, 0.25) is 0 Å². The van der Waals surface area contributed by atoms with Crippen LogP contribution >= 0.6 is 0 Å². The van der Waals surface area contributed by atoms with Crippen LogP contribution in [0.4, 0.5) is 0 Å². The summed E-state index contributed by atoms with van der Waals surface area (Å²) >= 11 is 0.521. The van der Waals surface area contributed by atoms with Crippen molar-refractivity contribution in [1.29, 1.82) is 0 Å². The van der Waals surface area contributed by atoms with Crippen LogP contribution in [0.15, 0.2) is 12.1 Å². The Morgan fingerprint density at radius 3 is 2.79 bits per heavy atom. The zero-order valence-corrected chi connectivity index (χ0v) is 13.7. The van der Waals surface area contributed by atoms with Gasteiger partial charge in [0.1, 0.15) is 0 Å². The fraction of sp³-hybridized carbons (Fsp3) is 0.500. The number of aryl methyl sites for hydroxylation is 1. The Morgan fingerprint density at radius 1 is 1.26 bits per heavy atom. The molecule has 0 radical (unpaired) electrons. The predicted octanol–water partition coefficient (Wildman–Crippen LogP) is 2.63. The summed E-state index contributed by atoms with van der Waals surface area (Å²) in [5, 5.41) is 1.44. The minimum atomic E-state index is 0.521. The number of benzene rings is 1. The van der Waals surface area contributed by atoms with Crippen LogP contribution in [-0.4, -0.2) is 46.1 Å². The summed E-state index contributed by atoms with van der Waals surface area (Å²) in [6, 6.07) is 4.35. The number of hydrogen-bond acceptors (Lipinski definition) is 2. The van der Waals surface area contributed by atoms with E-state index in [1.54, 1.807) is 21.4 Å². The van der Waals surface area contributed by atoms with Gasteiger partial charge in [0, 0.05) is 0 Å². The Labute approximate surface area is 121 Å². The predicted molar refractivity (Wildman–Crippen MR) is 81.7 cm³/mol. The van der Waals surface area contributed by atoms with Crippen molar-refractivity contribution in [1.82, 2.24) is 4.90 Å². The molecule has 102 valence electrons. The SMILES string of the molecule is CCN1CCc2[se]c3c(C)ccc(OC)c3c2CC1. The molecule has 0 unspecified atom stereocenters. The Morgan fingerprint density at radius 2 is 2.05 bits per heavy atom. The van der Waals surface area contributed by atoms with Crippen LogP contribution in [0.2, 0.25) is 0 Å². The van der Waals surface area contributed by atoms with E-state index in [0.717, 1.165) is 5.75 Å². The summed E-state index contributed by atoms with van der Waals surface area (Å²) in [4.78, 5) is 2.57. The molecule has 0 aliphatic carbocycles. The molecule has 1 aromatic carbocycles. The van der Waals surface area contributed by atoms with Crippen molar-refractivity contribution in [2.24, 2.45) is 0 Å². The van der Waals surface area contributed by atoms with E-state index in [2.05, 4.69) is 30.9 Å². The average Bonchev–Trinajstić information content (AvgIpc) is 2.68. The second-order valence-electron chi connectivity index (χ2n) is 5.23. The number of rotatable bonds is 2. The van der Waals surface area contributed by atoms with E-state index in [4.69, 9.17) is 4.74 Å². The Kier molecular flexibility index (Phi) is 3.70. The van der Waals surface area contributed by atoms with Gasteiger partial charge in [-0.3, -0.25) is 0 Å². The first-order valence-electron chi connectivity index (χ1n) is 7.04. The quantitative estimate of drug-likeness (QED) is 0.788. The van der Waals surface area contributed by atoms with E-state index in [0.29, 0.717) is 14.5 Å². The van der Waals surface area contributed by atoms with Gasteiger partial charge in [-0.25, -0.2) is 0 Å². The summed E-state index contributed by atoms with van der Waals surface area (Å²) < 4.78 is 8.90. The molecule has 0 spiro atoms. The number of hydrogen-bond donors (Lipinski definition) is 0. The van der Waals surface area contributed by atoms with Crippen molar-refractivity contribution in [3.8, 4) is 5.75 Å². The van der Waals surface area contributed by atoms with Crippen molar-refractivity contribution in [2.75, 3.05) is 26.7 Å². The van der Waals surface area contributed by atoms with Gasteiger partial charge in [0.15, 0.2) is 0 Å². The molecule has 0 atom stereocenters. The van der Waals surface area contributed by atoms with Gasteiger partial charge in [0.05, 0.1) is 0 Å². The Balaban J connectivity index is 2.15. The minimum absolute atomic E-state index is 0.521. The van der Waals surface area contributed by atoms with Crippen molar-refractivity contribution < 1.29 is 4.74 Å². The van der Waals surface area contributed by atoms with Crippen LogP contribution in [0, 0.1) is 6.92 Å². The van der Waals surface area contributed by atoms with Crippen LogP contribution in [0.1, 0.15) is 22.5 Å². The summed E-state index contributed by atoms with van der Waals surface area (Å²) in [7, 11) is 1.80. The third-order valence-corrected chi connectivity index (χ3v) is 7.17. The van der Waals surface area contributed by atoms with Gasteiger partial charge >= 0.3 is 121 Å². The molecule has 0 amide bonds. The van der Waals surface area contributed by atoms with Crippen LogP contribution in [0.5, 0.6) is 5.75 Å². The topological polar surface area (TPSA) is 12.5 Å². The van der Waals surface area contributed by atoms with Crippen LogP contribution in [0.3, 0.4) is 0 Å². The summed E-state index contributed by atoms with van der Waals surface area (Å²) in [6.07, 6.45) is 2.44. The van der Waals surface area contributed by atoms with E-state index in [-0.39, 0.29) is 0 Å². The van der Waals surface area contributed by atoms with E-state index in [1.807, 2.05) is 0 Å². The standard InChI is InChI=1S/C16H21NOSe/c1-4-17-9-7-12-14(8-10-17)19-16-11(2)5-6-13(18-3)15(12)16/h5-6H,4,7-10H2,1-3H3. The Hall–Kier alpha value is -0.761. The van der Waals surface area contributed by atoms with Crippen LogP contribution in [-0.2, 0) is 12.8 Å². The third-order valence-electron chi connectivity index (χ3n) is 4.18. The van der Waals surface area contributed by atoms with Crippen molar-refractivity contribution in [3.05, 3.63) is 27.7 Å². The monoisotopic (exact) mass is 323 g/mol. The zero-order valence-electron chi connectivity index (χ0n) is 12.0. The van der Waals surface area contributed by atoms with Gasteiger partial charge in [-0.15, -0.1) is 0 Å². The summed E-state index contributed by atoms with van der Waals surface area (Å²) in [6.45, 7) is 8.10. The second-order valence-corrected chi connectivity index (χ2v) is 7.55.